The minimum absolute atomic E-state index is 0.621. The molecule has 0 aliphatic heterocycles. The van der Waals surface area contributed by atoms with E-state index in [1.54, 1.807) is 0 Å². The van der Waals surface area contributed by atoms with Crippen molar-refractivity contribution >= 4 is 10.8 Å². The quantitative estimate of drug-likeness (QED) is 0.820. The minimum Gasteiger partial charge on any atom is -0.314 e. The number of benzene rings is 2. The first-order chi connectivity index (χ1) is 8.29. The van der Waals surface area contributed by atoms with Crippen LogP contribution in [0.5, 0.6) is 0 Å². The number of hydrogen-bond acceptors (Lipinski definition) is 1. The van der Waals surface area contributed by atoms with Crippen molar-refractivity contribution in [1.82, 2.24) is 5.32 Å². The van der Waals surface area contributed by atoms with E-state index in [0.29, 0.717) is 6.04 Å². The first-order valence-electron chi connectivity index (χ1n) is 6.50. The summed E-state index contributed by atoms with van der Waals surface area (Å²) < 4.78 is 0. The Labute approximate surface area is 104 Å². The molecule has 0 saturated heterocycles. The molecule has 1 unspecified atom stereocenters. The fourth-order valence-corrected chi connectivity index (χ4v) is 2.00. The van der Waals surface area contributed by atoms with Crippen molar-refractivity contribution in [1.29, 1.82) is 0 Å². The smallest absolute Gasteiger partial charge is 0.00362 e. The number of hydrogen-bond donors (Lipinski definition) is 1. The van der Waals surface area contributed by atoms with Crippen molar-refractivity contribution in [2.75, 3.05) is 6.54 Å². The average molecular weight is 227 g/mol. The van der Waals surface area contributed by atoms with Crippen molar-refractivity contribution in [2.24, 2.45) is 0 Å². The first kappa shape index (κ1) is 12.1. The van der Waals surface area contributed by atoms with Crippen molar-refractivity contribution in [3.63, 3.8) is 0 Å². The van der Waals surface area contributed by atoms with Gasteiger partial charge in [0.05, 0.1) is 0 Å². The molecule has 1 heteroatoms. The van der Waals surface area contributed by atoms with Crippen LogP contribution in [0.1, 0.15) is 25.8 Å². The largest absolute Gasteiger partial charge is 0.314 e. The van der Waals surface area contributed by atoms with E-state index in [1.165, 1.54) is 22.8 Å². The number of nitrogens with one attached hydrogen (secondary N) is 1. The molecule has 0 fully saturated rings. The van der Waals surface area contributed by atoms with Gasteiger partial charge in [-0.25, -0.2) is 0 Å². The lowest BCUT2D eigenvalue weighted by Gasteiger charge is -2.11. The van der Waals surface area contributed by atoms with Crippen molar-refractivity contribution in [3.8, 4) is 0 Å². The van der Waals surface area contributed by atoms with Crippen LogP contribution in [-0.4, -0.2) is 12.6 Å². The van der Waals surface area contributed by atoms with Crippen LogP contribution < -0.4 is 5.32 Å². The summed E-state index contributed by atoms with van der Waals surface area (Å²) in [4.78, 5) is 0. The summed E-state index contributed by atoms with van der Waals surface area (Å²) in [6.45, 7) is 5.52. The maximum absolute atomic E-state index is 3.53. The highest BCUT2D eigenvalue weighted by Gasteiger charge is 1.99. The molecule has 0 heterocycles. The first-order valence-corrected chi connectivity index (χ1v) is 6.50. The molecule has 0 aliphatic carbocycles. The molecule has 1 N–H and O–H groups in total. The topological polar surface area (TPSA) is 12.0 Å². The zero-order chi connectivity index (χ0) is 12.1. The van der Waals surface area contributed by atoms with E-state index in [4.69, 9.17) is 0 Å². The van der Waals surface area contributed by atoms with Crippen LogP contribution in [0.2, 0.25) is 0 Å². The predicted molar refractivity (Wildman–Crippen MR) is 75.4 cm³/mol. The predicted octanol–water partition coefficient (Wildman–Crippen LogP) is 3.77. The van der Waals surface area contributed by atoms with Crippen LogP contribution in [0.15, 0.2) is 42.5 Å². The molecule has 2 aromatic rings. The van der Waals surface area contributed by atoms with Gasteiger partial charge in [0.15, 0.2) is 0 Å². The summed E-state index contributed by atoms with van der Waals surface area (Å²) in [6.07, 6.45) is 2.30. The van der Waals surface area contributed by atoms with Crippen molar-refractivity contribution in [2.45, 2.75) is 32.7 Å². The Morgan fingerprint density at radius 2 is 1.82 bits per heavy atom. The van der Waals surface area contributed by atoms with Crippen LogP contribution in [-0.2, 0) is 6.42 Å². The molecule has 0 aliphatic rings. The maximum atomic E-state index is 3.53. The second kappa shape index (κ2) is 5.83. The van der Waals surface area contributed by atoms with Gasteiger partial charge in [-0.2, -0.15) is 0 Å². The third-order valence-electron chi connectivity index (χ3n) is 3.33. The van der Waals surface area contributed by atoms with E-state index in [0.717, 1.165) is 13.0 Å². The molecular formula is C16H21N. The summed E-state index contributed by atoms with van der Waals surface area (Å²) in [5.74, 6) is 0. The monoisotopic (exact) mass is 227 g/mol. The molecule has 0 aromatic heterocycles. The summed E-state index contributed by atoms with van der Waals surface area (Å²) in [7, 11) is 0. The molecule has 0 bridgehead atoms. The molecule has 2 rings (SSSR count). The van der Waals surface area contributed by atoms with Gasteiger partial charge >= 0.3 is 0 Å². The normalized spacial score (nSPS) is 12.8. The SMILES string of the molecule is CCC(C)NCCc1ccc2ccccc2c1. The Morgan fingerprint density at radius 3 is 2.59 bits per heavy atom. The van der Waals surface area contributed by atoms with Gasteiger partial charge in [0.1, 0.15) is 0 Å². The third kappa shape index (κ3) is 3.31. The molecular weight excluding hydrogens is 206 g/mol. The lowest BCUT2D eigenvalue weighted by Crippen LogP contribution is -2.27. The van der Waals surface area contributed by atoms with E-state index in [9.17, 15) is 0 Å². The van der Waals surface area contributed by atoms with Crippen LogP contribution in [0.25, 0.3) is 10.8 Å². The fraction of sp³-hybridized carbons (Fsp3) is 0.375. The Kier molecular flexibility index (Phi) is 4.16. The van der Waals surface area contributed by atoms with E-state index < -0.39 is 0 Å². The van der Waals surface area contributed by atoms with Crippen molar-refractivity contribution in [3.05, 3.63) is 48.0 Å². The lowest BCUT2D eigenvalue weighted by atomic mass is 10.1. The molecule has 2 aromatic carbocycles. The Balaban J connectivity index is 1.99. The average Bonchev–Trinajstić information content (AvgIpc) is 2.38. The zero-order valence-electron chi connectivity index (χ0n) is 10.7. The maximum Gasteiger partial charge on any atom is 0.00362 e. The molecule has 17 heavy (non-hydrogen) atoms. The van der Waals surface area contributed by atoms with Gasteiger partial charge in [-0.1, -0.05) is 49.4 Å². The minimum atomic E-state index is 0.621. The molecule has 0 amide bonds. The van der Waals surface area contributed by atoms with Crippen LogP contribution in [0.3, 0.4) is 0 Å². The van der Waals surface area contributed by atoms with E-state index in [-0.39, 0.29) is 0 Å². The van der Waals surface area contributed by atoms with Crippen LogP contribution in [0.4, 0.5) is 0 Å². The lowest BCUT2D eigenvalue weighted by molar-refractivity contribution is 0.537. The molecule has 0 saturated carbocycles. The Hall–Kier alpha value is -1.34. The fourth-order valence-electron chi connectivity index (χ4n) is 2.00. The van der Waals surface area contributed by atoms with Gasteiger partial charge in [0.2, 0.25) is 0 Å². The highest BCUT2D eigenvalue weighted by molar-refractivity contribution is 5.82. The molecule has 1 nitrogen and oxygen atoms in total. The van der Waals surface area contributed by atoms with Gasteiger partial charge < -0.3 is 5.32 Å². The zero-order valence-corrected chi connectivity index (χ0v) is 10.7. The van der Waals surface area contributed by atoms with E-state index in [1.807, 2.05) is 0 Å². The van der Waals surface area contributed by atoms with E-state index >= 15 is 0 Å². The van der Waals surface area contributed by atoms with Crippen LogP contribution in [0, 0.1) is 0 Å². The summed E-state index contributed by atoms with van der Waals surface area (Å²) in [6, 6.07) is 15.9. The van der Waals surface area contributed by atoms with Gasteiger partial charge in [0.25, 0.3) is 0 Å². The second-order valence-corrected chi connectivity index (χ2v) is 4.69. The van der Waals surface area contributed by atoms with Gasteiger partial charge in [-0.15, -0.1) is 0 Å². The standard InChI is InChI=1S/C16H21N/c1-3-13(2)17-11-10-14-8-9-15-6-4-5-7-16(15)12-14/h4-9,12-13,17H,3,10-11H2,1-2H3. The summed E-state index contributed by atoms with van der Waals surface area (Å²) >= 11 is 0. The van der Waals surface area contributed by atoms with Gasteiger partial charge in [-0.3, -0.25) is 0 Å². The van der Waals surface area contributed by atoms with Gasteiger partial charge in [0, 0.05) is 6.04 Å². The highest BCUT2D eigenvalue weighted by Crippen LogP contribution is 2.15. The molecule has 1 atom stereocenters. The number of rotatable bonds is 5. The number of fused-ring (bicyclic) bond motifs is 1. The molecule has 90 valence electrons. The third-order valence-corrected chi connectivity index (χ3v) is 3.33. The van der Waals surface area contributed by atoms with Crippen LogP contribution >= 0.6 is 0 Å². The van der Waals surface area contributed by atoms with Gasteiger partial charge in [-0.05, 0) is 42.6 Å². The Morgan fingerprint density at radius 1 is 1.06 bits per heavy atom. The summed E-state index contributed by atoms with van der Waals surface area (Å²) in [5.41, 5.74) is 1.42. The molecule has 0 spiro atoms. The second-order valence-electron chi connectivity index (χ2n) is 4.69. The highest BCUT2D eigenvalue weighted by atomic mass is 14.9. The van der Waals surface area contributed by atoms with Crippen molar-refractivity contribution < 1.29 is 0 Å². The Bertz CT molecular complexity index is 476. The molecule has 0 radical (unpaired) electrons. The van der Waals surface area contributed by atoms with E-state index in [2.05, 4.69) is 61.6 Å². The summed E-state index contributed by atoms with van der Waals surface area (Å²) in [5, 5.41) is 6.20.